The molecule has 1 aliphatic rings. The Labute approximate surface area is 112 Å². The zero-order valence-corrected chi connectivity index (χ0v) is 11.2. The number of ether oxygens (including phenoxy) is 1. The minimum absolute atomic E-state index is 0.180. The number of carbonyl (C=O) groups is 3. The molecule has 106 valence electrons. The van der Waals surface area contributed by atoms with Gasteiger partial charge in [0.1, 0.15) is 0 Å². The average molecular weight is 268 g/mol. The maximum absolute atomic E-state index is 11.8. The van der Waals surface area contributed by atoms with Gasteiger partial charge in [0.05, 0.1) is 6.42 Å². The topological polar surface area (TPSA) is 98.5 Å². The summed E-state index contributed by atoms with van der Waals surface area (Å²) in [7, 11) is 0. The van der Waals surface area contributed by atoms with Crippen LogP contribution >= 0.6 is 0 Å². The van der Waals surface area contributed by atoms with Crippen LogP contribution in [0.25, 0.3) is 0 Å². The van der Waals surface area contributed by atoms with Crippen LogP contribution in [0.15, 0.2) is 12.2 Å². The van der Waals surface area contributed by atoms with Crippen LogP contribution in [0.1, 0.15) is 33.1 Å². The molecule has 2 atom stereocenters. The first kappa shape index (κ1) is 15.2. The Hall–Kier alpha value is -1.85. The predicted octanol–water partition coefficient (Wildman–Crippen LogP) is 1.11. The monoisotopic (exact) mass is 268 g/mol. The maximum atomic E-state index is 11.8. The van der Waals surface area contributed by atoms with E-state index in [0.717, 1.165) is 12.8 Å². The van der Waals surface area contributed by atoms with Gasteiger partial charge in [-0.25, -0.2) is 4.79 Å². The highest BCUT2D eigenvalue weighted by molar-refractivity contribution is 5.96. The fourth-order valence-electron chi connectivity index (χ4n) is 1.95. The lowest BCUT2D eigenvalue weighted by Gasteiger charge is -2.20. The van der Waals surface area contributed by atoms with Gasteiger partial charge >= 0.3 is 12.0 Å². The van der Waals surface area contributed by atoms with E-state index in [2.05, 4.69) is 0 Å². The van der Waals surface area contributed by atoms with E-state index in [9.17, 15) is 14.4 Å². The molecule has 6 heteroatoms. The fourth-order valence-corrected chi connectivity index (χ4v) is 1.95. The smallest absolute Gasteiger partial charge is 0.318 e. The van der Waals surface area contributed by atoms with E-state index in [0.29, 0.717) is 0 Å². The summed E-state index contributed by atoms with van der Waals surface area (Å²) in [6, 6.07) is -0.953. The van der Waals surface area contributed by atoms with Gasteiger partial charge in [0.15, 0.2) is 6.10 Å². The molecule has 1 rings (SSSR count). The van der Waals surface area contributed by atoms with Gasteiger partial charge in [-0.2, -0.15) is 0 Å². The lowest BCUT2D eigenvalue weighted by Crippen LogP contribution is -2.45. The van der Waals surface area contributed by atoms with Crippen LogP contribution < -0.4 is 11.1 Å². The van der Waals surface area contributed by atoms with Crippen molar-refractivity contribution in [1.29, 1.82) is 0 Å². The van der Waals surface area contributed by atoms with Crippen molar-refractivity contribution in [1.82, 2.24) is 5.32 Å². The van der Waals surface area contributed by atoms with Crippen LogP contribution in [0.4, 0.5) is 4.79 Å². The summed E-state index contributed by atoms with van der Waals surface area (Å²) < 4.78 is 5.14. The largest absolute Gasteiger partial charge is 0.452 e. The predicted molar refractivity (Wildman–Crippen MR) is 68.9 cm³/mol. The standard InChI is InChI=1S/C13H20N2O4/c1-8(2)11(12(17)15-13(14)18)19-10(16)7-9-5-3-4-6-9/h3,5,8-9,11H,4,6-7H2,1-2H3,(H3,14,15,17,18)/t9-,11-/m0/s1. The number of primary amides is 1. The third-order valence-electron chi connectivity index (χ3n) is 2.91. The first-order chi connectivity index (χ1) is 8.90. The van der Waals surface area contributed by atoms with Crippen LogP contribution in [0.5, 0.6) is 0 Å². The third kappa shape index (κ3) is 5.11. The number of rotatable bonds is 5. The minimum atomic E-state index is -0.995. The zero-order chi connectivity index (χ0) is 14.4. The zero-order valence-electron chi connectivity index (χ0n) is 11.2. The van der Waals surface area contributed by atoms with E-state index in [1.165, 1.54) is 0 Å². The minimum Gasteiger partial charge on any atom is -0.452 e. The van der Waals surface area contributed by atoms with Gasteiger partial charge in [-0.3, -0.25) is 14.9 Å². The quantitative estimate of drug-likeness (QED) is 0.576. The van der Waals surface area contributed by atoms with Crippen molar-refractivity contribution in [2.45, 2.75) is 39.2 Å². The van der Waals surface area contributed by atoms with Gasteiger partial charge < -0.3 is 10.5 Å². The number of imide groups is 1. The van der Waals surface area contributed by atoms with Crippen molar-refractivity contribution >= 4 is 17.9 Å². The van der Waals surface area contributed by atoms with Crippen molar-refractivity contribution in [3.63, 3.8) is 0 Å². The fraction of sp³-hybridized carbons (Fsp3) is 0.615. The van der Waals surface area contributed by atoms with Gasteiger partial charge in [0.2, 0.25) is 0 Å². The number of urea groups is 1. The van der Waals surface area contributed by atoms with E-state index < -0.39 is 24.0 Å². The van der Waals surface area contributed by atoms with Crippen LogP contribution in [0.2, 0.25) is 0 Å². The Bertz CT molecular complexity index is 390. The molecule has 0 aliphatic heterocycles. The van der Waals surface area contributed by atoms with E-state index in [1.807, 2.05) is 17.5 Å². The molecule has 0 saturated carbocycles. The highest BCUT2D eigenvalue weighted by Crippen LogP contribution is 2.21. The van der Waals surface area contributed by atoms with Gasteiger partial charge in [-0.15, -0.1) is 0 Å². The van der Waals surface area contributed by atoms with Crippen LogP contribution in [0, 0.1) is 11.8 Å². The first-order valence-electron chi connectivity index (χ1n) is 6.36. The molecule has 0 heterocycles. The van der Waals surface area contributed by atoms with Crippen molar-refractivity contribution in [3.8, 4) is 0 Å². The molecule has 3 N–H and O–H groups in total. The molecule has 0 saturated heterocycles. The Morgan fingerprint density at radius 2 is 2.11 bits per heavy atom. The van der Waals surface area contributed by atoms with Gasteiger partial charge in [-0.1, -0.05) is 26.0 Å². The summed E-state index contributed by atoms with van der Waals surface area (Å²) in [4.78, 5) is 34.1. The molecular weight excluding hydrogens is 248 g/mol. The number of hydrogen-bond donors (Lipinski definition) is 2. The molecule has 0 fully saturated rings. The molecule has 0 aromatic rings. The molecule has 0 bridgehead atoms. The molecule has 0 aromatic heterocycles. The van der Waals surface area contributed by atoms with Crippen LogP contribution in [-0.2, 0) is 14.3 Å². The van der Waals surface area contributed by atoms with E-state index >= 15 is 0 Å². The Balaban J connectivity index is 2.52. The molecular formula is C13H20N2O4. The van der Waals surface area contributed by atoms with Crippen molar-refractivity contribution in [2.75, 3.05) is 0 Å². The summed E-state index contributed by atoms with van der Waals surface area (Å²) in [5.74, 6) is -1.17. The number of amides is 3. The van der Waals surface area contributed by atoms with Gasteiger partial charge in [0, 0.05) is 0 Å². The molecule has 1 aliphatic carbocycles. The van der Waals surface area contributed by atoms with E-state index in [1.54, 1.807) is 13.8 Å². The summed E-state index contributed by atoms with van der Waals surface area (Å²) in [6.45, 7) is 3.46. The number of hydrogen-bond acceptors (Lipinski definition) is 4. The first-order valence-corrected chi connectivity index (χ1v) is 6.36. The van der Waals surface area contributed by atoms with Crippen molar-refractivity contribution in [2.24, 2.45) is 17.6 Å². The number of nitrogens with one attached hydrogen (secondary N) is 1. The molecule has 0 unspecified atom stereocenters. The highest BCUT2D eigenvalue weighted by Gasteiger charge is 2.28. The summed E-state index contributed by atoms with van der Waals surface area (Å²) in [5.41, 5.74) is 4.87. The molecule has 0 radical (unpaired) electrons. The van der Waals surface area contributed by atoms with E-state index in [-0.39, 0.29) is 18.3 Å². The number of carbonyl (C=O) groups excluding carboxylic acids is 3. The lowest BCUT2D eigenvalue weighted by atomic mass is 10.0. The van der Waals surface area contributed by atoms with Gasteiger partial charge in [0.25, 0.3) is 5.91 Å². The molecule has 0 spiro atoms. The molecule has 6 nitrogen and oxygen atoms in total. The number of nitrogens with two attached hydrogens (primary N) is 1. The second-order valence-corrected chi connectivity index (χ2v) is 4.98. The lowest BCUT2D eigenvalue weighted by molar-refractivity contribution is -0.158. The second-order valence-electron chi connectivity index (χ2n) is 4.98. The second kappa shape index (κ2) is 6.92. The summed E-state index contributed by atoms with van der Waals surface area (Å²) in [5, 5.41) is 1.93. The SMILES string of the molecule is CC(C)[C@H](OC(=O)C[C@H]1C=CCC1)C(=O)NC(N)=O. The van der Waals surface area contributed by atoms with Crippen LogP contribution in [-0.4, -0.2) is 24.0 Å². The molecule has 3 amide bonds. The highest BCUT2D eigenvalue weighted by atomic mass is 16.5. The summed E-state index contributed by atoms with van der Waals surface area (Å²) in [6.07, 6.45) is 5.16. The van der Waals surface area contributed by atoms with Gasteiger partial charge in [-0.05, 0) is 24.7 Å². The maximum Gasteiger partial charge on any atom is 0.318 e. The van der Waals surface area contributed by atoms with Crippen LogP contribution in [0.3, 0.4) is 0 Å². The average Bonchev–Trinajstić information content (AvgIpc) is 2.77. The normalized spacial score (nSPS) is 19.2. The van der Waals surface area contributed by atoms with Crippen molar-refractivity contribution in [3.05, 3.63) is 12.2 Å². The number of allylic oxidation sites excluding steroid dienone is 2. The van der Waals surface area contributed by atoms with Crippen molar-refractivity contribution < 1.29 is 19.1 Å². The Morgan fingerprint density at radius 3 is 2.58 bits per heavy atom. The van der Waals surface area contributed by atoms with E-state index in [4.69, 9.17) is 10.5 Å². The Kier molecular flexibility index (Phi) is 5.54. The number of esters is 1. The molecule has 19 heavy (non-hydrogen) atoms. The molecule has 0 aromatic carbocycles. The Morgan fingerprint density at radius 1 is 1.42 bits per heavy atom. The summed E-state index contributed by atoms with van der Waals surface area (Å²) >= 11 is 0. The third-order valence-corrected chi connectivity index (χ3v) is 2.91.